The number of halogens is 3. The third-order valence-electron chi connectivity index (χ3n) is 7.25. The van der Waals surface area contributed by atoms with Crippen LogP contribution in [0.5, 0.6) is 0 Å². The van der Waals surface area contributed by atoms with Crippen molar-refractivity contribution >= 4 is 5.57 Å². The summed E-state index contributed by atoms with van der Waals surface area (Å²) in [5.41, 5.74) is 4.77. The minimum absolute atomic E-state index is 0. The van der Waals surface area contributed by atoms with Crippen molar-refractivity contribution < 1.29 is 37.2 Å². The van der Waals surface area contributed by atoms with E-state index in [1.54, 1.807) is 12.1 Å². The van der Waals surface area contributed by atoms with Crippen molar-refractivity contribution in [2.45, 2.75) is 51.6 Å². The highest BCUT2D eigenvalue weighted by atomic mass is 127. The zero-order chi connectivity index (χ0) is 20.1. The number of piperidine rings is 1. The van der Waals surface area contributed by atoms with Gasteiger partial charge in [-0.2, -0.15) is 0 Å². The van der Waals surface area contributed by atoms with Gasteiger partial charge in [0.25, 0.3) is 0 Å². The fourth-order valence-electron chi connectivity index (χ4n) is 5.39. The third-order valence-corrected chi connectivity index (χ3v) is 7.25. The molecule has 2 bridgehead atoms. The van der Waals surface area contributed by atoms with Crippen molar-refractivity contribution in [3.8, 4) is 0 Å². The molecule has 29 heavy (non-hydrogen) atoms. The van der Waals surface area contributed by atoms with Gasteiger partial charge in [-0.1, -0.05) is 18.2 Å². The van der Waals surface area contributed by atoms with Gasteiger partial charge in [-0.3, -0.25) is 0 Å². The molecule has 3 atom stereocenters. The standard InChI is InChI=1S/C25H30F2N.HI/c1-16-5-7-19(26)14-23(16)25(24-15-20(27)8-6-17(24)2)13-18-11-21-9-10-22(12-18)28(21,3)4;/h5-8,13-15,18,21-22H,9-12H2,1-4H3;1H/q+1;/p-1/t18?,21-,22+;. The molecule has 2 aliphatic heterocycles. The molecule has 0 aromatic heterocycles. The summed E-state index contributed by atoms with van der Waals surface area (Å²) in [7, 11) is 4.72. The van der Waals surface area contributed by atoms with E-state index in [1.807, 2.05) is 26.0 Å². The first-order valence-corrected chi connectivity index (χ1v) is 10.3. The zero-order valence-corrected chi connectivity index (χ0v) is 19.8. The quantitative estimate of drug-likeness (QED) is 0.441. The lowest BCUT2D eigenvalue weighted by molar-refractivity contribution is -0.931. The molecule has 0 radical (unpaired) electrons. The van der Waals surface area contributed by atoms with Crippen LogP contribution in [0.2, 0.25) is 0 Å². The van der Waals surface area contributed by atoms with Crippen LogP contribution in [0, 0.1) is 31.4 Å². The van der Waals surface area contributed by atoms with E-state index in [0.717, 1.165) is 45.2 Å². The highest BCUT2D eigenvalue weighted by Gasteiger charge is 2.48. The van der Waals surface area contributed by atoms with E-state index in [1.165, 1.54) is 25.0 Å². The van der Waals surface area contributed by atoms with Gasteiger partial charge in [0, 0.05) is 25.7 Å². The van der Waals surface area contributed by atoms with E-state index >= 15 is 0 Å². The maximum Gasteiger partial charge on any atom is 0.123 e. The lowest BCUT2D eigenvalue weighted by Gasteiger charge is -2.44. The van der Waals surface area contributed by atoms with Gasteiger partial charge in [0.15, 0.2) is 0 Å². The smallest absolute Gasteiger partial charge is 0.123 e. The second-order valence-corrected chi connectivity index (χ2v) is 9.24. The molecule has 2 heterocycles. The highest BCUT2D eigenvalue weighted by Crippen LogP contribution is 2.44. The fraction of sp³-hybridized carbons (Fsp3) is 0.440. The number of hydrogen-bond donors (Lipinski definition) is 0. The average Bonchev–Trinajstić information content (AvgIpc) is 2.82. The minimum atomic E-state index is -0.248. The van der Waals surface area contributed by atoms with E-state index in [4.69, 9.17) is 0 Å². The van der Waals surface area contributed by atoms with Crippen LogP contribution in [-0.4, -0.2) is 30.7 Å². The summed E-state index contributed by atoms with van der Waals surface area (Å²) < 4.78 is 29.3. The van der Waals surface area contributed by atoms with Crippen LogP contribution in [0.4, 0.5) is 8.78 Å². The number of quaternary nitrogens is 1. The second kappa shape index (κ2) is 8.46. The summed E-state index contributed by atoms with van der Waals surface area (Å²) in [4.78, 5) is 0. The van der Waals surface area contributed by atoms with Gasteiger partial charge < -0.3 is 28.5 Å². The molecule has 2 aromatic carbocycles. The molecule has 4 rings (SSSR count). The molecule has 0 spiro atoms. The van der Waals surface area contributed by atoms with Crippen molar-refractivity contribution in [2.24, 2.45) is 5.92 Å². The molecule has 0 amide bonds. The van der Waals surface area contributed by atoms with Gasteiger partial charge in [-0.15, -0.1) is 0 Å². The minimum Gasteiger partial charge on any atom is -1.00 e. The number of rotatable bonds is 3. The molecular weight excluding hydrogens is 479 g/mol. The summed E-state index contributed by atoms with van der Waals surface area (Å²) in [6.45, 7) is 4.00. The van der Waals surface area contributed by atoms with Crippen LogP contribution in [0.25, 0.3) is 5.57 Å². The Hall–Kier alpha value is -1.27. The lowest BCUT2D eigenvalue weighted by Crippen LogP contribution is -3.00. The van der Waals surface area contributed by atoms with Gasteiger partial charge in [0.1, 0.15) is 11.6 Å². The fourth-order valence-corrected chi connectivity index (χ4v) is 5.39. The molecule has 4 heteroatoms. The largest absolute Gasteiger partial charge is 1.00 e. The van der Waals surface area contributed by atoms with Crippen LogP contribution in [0.1, 0.15) is 47.9 Å². The van der Waals surface area contributed by atoms with E-state index in [2.05, 4.69) is 20.2 Å². The molecule has 0 saturated carbocycles. The van der Waals surface area contributed by atoms with E-state index in [-0.39, 0.29) is 35.6 Å². The van der Waals surface area contributed by atoms with Crippen molar-refractivity contribution in [3.63, 3.8) is 0 Å². The molecule has 1 unspecified atom stereocenters. The second-order valence-electron chi connectivity index (χ2n) is 9.24. The molecule has 2 fully saturated rings. The predicted octanol–water partition coefficient (Wildman–Crippen LogP) is 3.03. The molecule has 2 saturated heterocycles. The number of allylic oxidation sites excluding steroid dienone is 1. The summed E-state index contributed by atoms with van der Waals surface area (Å²) in [6.07, 6.45) is 7.18. The molecule has 2 aromatic rings. The summed E-state index contributed by atoms with van der Waals surface area (Å²) in [5, 5.41) is 0. The Kier molecular flexibility index (Phi) is 6.54. The average molecular weight is 509 g/mol. The van der Waals surface area contributed by atoms with Crippen LogP contribution >= 0.6 is 0 Å². The summed E-state index contributed by atoms with van der Waals surface area (Å²) in [5.74, 6) is -0.0480. The number of benzene rings is 2. The number of aryl methyl sites for hydroxylation is 2. The Bertz CT molecular complexity index is 865. The maximum absolute atomic E-state index is 14.1. The Labute approximate surface area is 190 Å². The van der Waals surface area contributed by atoms with Gasteiger partial charge in [-0.05, 0) is 71.9 Å². The first kappa shape index (κ1) is 22.4. The van der Waals surface area contributed by atoms with E-state index in [9.17, 15) is 8.78 Å². The first-order chi connectivity index (χ1) is 13.3. The SMILES string of the molecule is Cc1ccc(F)cc1C(=CC1C[C@H]2CC[C@@H](C1)[N+]2(C)C)c1cc(F)ccc1C.[I-]. The lowest BCUT2D eigenvalue weighted by atomic mass is 9.83. The highest BCUT2D eigenvalue weighted by molar-refractivity contribution is 5.83. The van der Waals surface area contributed by atoms with Crippen molar-refractivity contribution in [1.29, 1.82) is 0 Å². The van der Waals surface area contributed by atoms with Gasteiger partial charge in [0.2, 0.25) is 0 Å². The van der Waals surface area contributed by atoms with Crippen LogP contribution in [0.15, 0.2) is 42.5 Å². The van der Waals surface area contributed by atoms with E-state index in [0.29, 0.717) is 18.0 Å². The molecule has 2 aliphatic rings. The van der Waals surface area contributed by atoms with Gasteiger partial charge >= 0.3 is 0 Å². The van der Waals surface area contributed by atoms with Crippen LogP contribution in [-0.2, 0) is 0 Å². The van der Waals surface area contributed by atoms with Gasteiger partial charge in [-0.25, -0.2) is 8.78 Å². The maximum atomic E-state index is 14.1. The monoisotopic (exact) mass is 509 g/mol. The molecular formula is C25H30F2IN. The Morgan fingerprint density at radius 2 is 1.31 bits per heavy atom. The number of hydrogen-bond acceptors (Lipinski definition) is 0. The zero-order valence-electron chi connectivity index (χ0n) is 17.7. The Balaban J connectivity index is 0.00000240. The molecule has 0 aliphatic carbocycles. The summed E-state index contributed by atoms with van der Waals surface area (Å²) in [6, 6.07) is 11.2. The molecule has 1 nitrogen and oxygen atoms in total. The van der Waals surface area contributed by atoms with Crippen LogP contribution < -0.4 is 24.0 Å². The number of fused-ring (bicyclic) bond motifs is 2. The van der Waals surface area contributed by atoms with E-state index < -0.39 is 0 Å². The first-order valence-electron chi connectivity index (χ1n) is 10.3. The molecule has 0 N–H and O–H groups in total. The van der Waals surface area contributed by atoms with Gasteiger partial charge in [0.05, 0.1) is 26.2 Å². The van der Waals surface area contributed by atoms with Crippen molar-refractivity contribution in [1.82, 2.24) is 0 Å². The normalized spacial score (nSPS) is 24.7. The van der Waals surface area contributed by atoms with Crippen molar-refractivity contribution in [2.75, 3.05) is 14.1 Å². The molecule has 156 valence electrons. The van der Waals surface area contributed by atoms with Crippen molar-refractivity contribution in [3.05, 3.63) is 76.4 Å². The van der Waals surface area contributed by atoms with Crippen LogP contribution in [0.3, 0.4) is 0 Å². The topological polar surface area (TPSA) is 0 Å². The Morgan fingerprint density at radius 1 is 0.862 bits per heavy atom. The summed E-state index contributed by atoms with van der Waals surface area (Å²) >= 11 is 0. The number of nitrogens with zero attached hydrogens (tertiary/aromatic N) is 1. The Morgan fingerprint density at radius 3 is 1.76 bits per heavy atom. The third kappa shape index (κ3) is 4.29. The predicted molar refractivity (Wildman–Crippen MR) is 111 cm³/mol.